The van der Waals surface area contributed by atoms with Crippen LogP contribution in [0.5, 0.6) is 0 Å². The van der Waals surface area contributed by atoms with Gasteiger partial charge in [-0.3, -0.25) is 4.98 Å². The van der Waals surface area contributed by atoms with Crippen molar-refractivity contribution in [2.45, 2.75) is 18.9 Å². The van der Waals surface area contributed by atoms with E-state index in [2.05, 4.69) is 9.71 Å². The van der Waals surface area contributed by atoms with Crippen molar-refractivity contribution in [3.05, 3.63) is 30.1 Å². The van der Waals surface area contributed by atoms with Crippen LogP contribution in [0.2, 0.25) is 0 Å². The molecule has 1 N–H and O–H groups in total. The number of hydrogen-bond acceptors (Lipinski definition) is 4. The van der Waals surface area contributed by atoms with E-state index in [0.29, 0.717) is 18.8 Å². The van der Waals surface area contributed by atoms with Crippen LogP contribution in [0.25, 0.3) is 0 Å². The Morgan fingerprint density at radius 2 is 2.16 bits per heavy atom. The summed E-state index contributed by atoms with van der Waals surface area (Å²) in [6.45, 7) is 1.42. The topological polar surface area (TPSA) is 71.5 Å². The lowest BCUT2D eigenvalue weighted by Crippen LogP contribution is -2.42. The van der Waals surface area contributed by atoms with Crippen LogP contribution in [0.4, 0.5) is 0 Å². The second-order valence-electron chi connectivity index (χ2n) is 4.49. The average molecular weight is 285 g/mol. The Hall–Kier alpha value is -1.02. The number of methoxy groups -OCH3 is 1. The summed E-state index contributed by atoms with van der Waals surface area (Å²) in [6, 6.07) is 4.95. The minimum atomic E-state index is -3.47. The summed E-state index contributed by atoms with van der Waals surface area (Å²) < 4.78 is 33.7. The molecule has 1 saturated heterocycles. The van der Waals surface area contributed by atoms with E-state index in [0.717, 1.165) is 12.8 Å². The normalized spacial score (nSPS) is 18.6. The first kappa shape index (κ1) is 14.4. The predicted octanol–water partition coefficient (Wildman–Crippen LogP) is 0.699. The molecule has 19 heavy (non-hydrogen) atoms. The molecule has 2 heterocycles. The van der Waals surface area contributed by atoms with Gasteiger partial charge in [0.05, 0.1) is 18.3 Å². The summed E-state index contributed by atoms with van der Waals surface area (Å²) in [4.78, 5) is 4.18. The number of pyridine rings is 1. The number of nitrogens with zero attached hydrogens (tertiary/aromatic N) is 2. The standard InChI is InChI=1S/C12H19N3O3S/c1-18-10-12(11-6-2-3-7-13-11)14-19(16,17)15-8-4-5-9-15/h2-3,6-7,12,14H,4-5,8-10H2,1H3/t12-/m1/s1. The second-order valence-corrected chi connectivity index (χ2v) is 6.19. The van der Waals surface area contributed by atoms with Crippen molar-refractivity contribution in [3.8, 4) is 0 Å². The summed E-state index contributed by atoms with van der Waals surface area (Å²) in [5, 5.41) is 0. The zero-order valence-electron chi connectivity index (χ0n) is 10.9. The Balaban J connectivity index is 2.12. The highest BCUT2D eigenvalue weighted by molar-refractivity contribution is 7.87. The van der Waals surface area contributed by atoms with E-state index in [1.165, 1.54) is 4.31 Å². The molecule has 0 spiro atoms. The lowest BCUT2D eigenvalue weighted by Gasteiger charge is -2.22. The average Bonchev–Trinajstić information content (AvgIpc) is 2.94. The van der Waals surface area contributed by atoms with Crippen LogP contribution >= 0.6 is 0 Å². The zero-order valence-corrected chi connectivity index (χ0v) is 11.8. The van der Waals surface area contributed by atoms with Gasteiger partial charge in [-0.15, -0.1) is 0 Å². The molecule has 0 bridgehead atoms. The van der Waals surface area contributed by atoms with Crippen molar-refractivity contribution in [1.82, 2.24) is 14.0 Å². The number of hydrogen-bond donors (Lipinski definition) is 1. The molecule has 7 heteroatoms. The quantitative estimate of drug-likeness (QED) is 0.835. The van der Waals surface area contributed by atoms with E-state index in [1.54, 1.807) is 25.4 Å². The molecule has 1 fully saturated rings. The first-order valence-electron chi connectivity index (χ1n) is 6.31. The molecule has 1 aromatic heterocycles. The maximum Gasteiger partial charge on any atom is 0.280 e. The molecule has 0 saturated carbocycles. The maximum absolute atomic E-state index is 12.2. The molecule has 1 aliphatic rings. The lowest BCUT2D eigenvalue weighted by atomic mass is 10.2. The van der Waals surface area contributed by atoms with Gasteiger partial charge in [0.2, 0.25) is 0 Å². The van der Waals surface area contributed by atoms with Gasteiger partial charge in [-0.25, -0.2) is 0 Å². The van der Waals surface area contributed by atoms with Gasteiger partial charge in [0.15, 0.2) is 0 Å². The Kier molecular flexibility index (Phi) is 4.87. The van der Waals surface area contributed by atoms with Gasteiger partial charge in [0.25, 0.3) is 10.2 Å². The first-order chi connectivity index (χ1) is 9.13. The Bertz CT molecular complexity index is 486. The fourth-order valence-electron chi connectivity index (χ4n) is 2.11. The summed E-state index contributed by atoms with van der Waals surface area (Å²) in [6.07, 6.45) is 3.47. The van der Waals surface area contributed by atoms with E-state index >= 15 is 0 Å². The van der Waals surface area contributed by atoms with Crippen LogP contribution in [0.1, 0.15) is 24.6 Å². The number of nitrogens with one attached hydrogen (secondary N) is 1. The van der Waals surface area contributed by atoms with Crippen LogP contribution in [-0.4, -0.2) is 44.5 Å². The van der Waals surface area contributed by atoms with Crippen molar-refractivity contribution in [1.29, 1.82) is 0 Å². The van der Waals surface area contributed by atoms with Gasteiger partial charge < -0.3 is 4.74 Å². The molecule has 6 nitrogen and oxygen atoms in total. The predicted molar refractivity (Wildman–Crippen MR) is 71.7 cm³/mol. The number of ether oxygens (including phenoxy) is 1. The monoisotopic (exact) mass is 285 g/mol. The molecule has 0 unspecified atom stereocenters. The Labute approximate surface area is 114 Å². The van der Waals surface area contributed by atoms with Crippen LogP contribution in [-0.2, 0) is 14.9 Å². The molecule has 0 radical (unpaired) electrons. The van der Waals surface area contributed by atoms with Crippen LogP contribution in [0.3, 0.4) is 0 Å². The van der Waals surface area contributed by atoms with Gasteiger partial charge in [-0.05, 0) is 25.0 Å². The third-order valence-electron chi connectivity index (χ3n) is 3.07. The smallest absolute Gasteiger partial charge is 0.280 e. The van der Waals surface area contributed by atoms with E-state index in [4.69, 9.17) is 4.74 Å². The lowest BCUT2D eigenvalue weighted by molar-refractivity contribution is 0.173. The van der Waals surface area contributed by atoms with Gasteiger partial charge >= 0.3 is 0 Å². The van der Waals surface area contributed by atoms with Crippen molar-refractivity contribution in [2.24, 2.45) is 0 Å². The van der Waals surface area contributed by atoms with Crippen LogP contribution in [0.15, 0.2) is 24.4 Å². The number of aromatic nitrogens is 1. The van der Waals surface area contributed by atoms with Gasteiger partial charge in [-0.1, -0.05) is 6.07 Å². The van der Waals surface area contributed by atoms with Crippen molar-refractivity contribution < 1.29 is 13.2 Å². The molecule has 1 atom stereocenters. The van der Waals surface area contributed by atoms with E-state index in [-0.39, 0.29) is 6.61 Å². The molecule has 0 aliphatic carbocycles. The second kappa shape index (κ2) is 6.42. The van der Waals surface area contributed by atoms with Crippen molar-refractivity contribution in [2.75, 3.05) is 26.8 Å². The first-order valence-corrected chi connectivity index (χ1v) is 7.75. The van der Waals surface area contributed by atoms with Gasteiger partial charge in [0, 0.05) is 26.4 Å². The third kappa shape index (κ3) is 3.73. The largest absolute Gasteiger partial charge is 0.383 e. The zero-order chi connectivity index (χ0) is 13.7. The maximum atomic E-state index is 12.2. The van der Waals surface area contributed by atoms with Crippen molar-refractivity contribution in [3.63, 3.8) is 0 Å². The molecule has 1 aromatic rings. The Morgan fingerprint density at radius 1 is 1.42 bits per heavy atom. The third-order valence-corrected chi connectivity index (χ3v) is 4.70. The molecular formula is C12H19N3O3S. The summed E-state index contributed by atoms with van der Waals surface area (Å²) in [5.41, 5.74) is 0.659. The minimum absolute atomic E-state index is 0.254. The summed E-state index contributed by atoms with van der Waals surface area (Å²) >= 11 is 0. The molecule has 2 rings (SSSR count). The number of rotatable bonds is 6. The SMILES string of the molecule is COC[C@@H](NS(=O)(=O)N1CCCC1)c1ccccn1. The molecule has 106 valence electrons. The van der Waals surface area contributed by atoms with Crippen LogP contribution < -0.4 is 4.72 Å². The fourth-order valence-corrected chi connectivity index (χ4v) is 3.55. The highest BCUT2D eigenvalue weighted by Gasteiger charge is 2.28. The molecule has 0 amide bonds. The summed E-state index contributed by atoms with van der Waals surface area (Å²) in [7, 11) is -1.92. The van der Waals surface area contributed by atoms with Gasteiger partial charge in [-0.2, -0.15) is 17.4 Å². The van der Waals surface area contributed by atoms with Crippen LogP contribution in [0, 0.1) is 0 Å². The molecule has 0 aromatic carbocycles. The highest BCUT2D eigenvalue weighted by Crippen LogP contribution is 2.16. The summed E-state index contributed by atoms with van der Waals surface area (Å²) in [5.74, 6) is 0. The highest BCUT2D eigenvalue weighted by atomic mass is 32.2. The minimum Gasteiger partial charge on any atom is -0.383 e. The van der Waals surface area contributed by atoms with E-state index < -0.39 is 16.3 Å². The fraction of sp³-hybridized carbons (Fsp3) is 0.583. The van der Waals surface area contributed by atoms with Crippen molar-refractivity contribution >= 4 is 10.2 Å². The van der Waals surface area contributed by atoms with E-state index in [1.807, 2.05) is 6.07 Å². The Morgan fingerprint density at radius 3 is 2.74 bits per heavy atom. The molecule has 1 aliphatic heterocycles. The van der Waals surface area contributed by atoms with E-state index in [9.17, 15) is 8.42 Å². The molecular weight excluding hydrogens is 266 g/mol. The van der Waals surface area contributed by atoms with Gasteiger partial charge in [0.1, 0.15) is 0 Å².